The fraction of sp³-hybridized carbons (Fsp3) is 0. The second-order valence-corrected chi connectivity index (χ2v) is 5.20. The number of rotatable bonds is 1. The Labute approximate surface area is 123 Å². The maximum absolute atomic E-state index is 12.3. The Morgan fingerprint density at radius 3 is 2.58 bits per heavy atom. The molecule has 2 aromatic carbocycles. The van der Waals surface area contributed by atoms with Crippen molar-refractivity contribution in [3.8, 4) is 11.5 Å². The van der Waals surface area contributed by atoms with Crippen LogP contribution in [0.2, 0.25) is 0 Å². The summed E-state index contributed by atoms with van der Waals surface area (Å²) in [7, 11) is 0. The number of aromatic hydroxyl groups is 1. The van der Waals surface area contributed by atoms with E-state index in [0.29, 0.717) is 14.9 Å². The molecule has 0 aromatic heterocycles. The van der Waals surface area contributed by atoms with E-state index in [1.807, 2.05) is 52.9 Å². The molecular weight excluding hydrogens is 355 g/mol. The molecule has 0 aliphatic carbocycles. The summed E-state index contributed by atoms with van der Waals surface area (Å²) < 4.78 is 6.08. The summed E-state index contributed by atoms with van der Waals surface area (Å²) in [6.07, 6.45) is 1.70. The molecule has 1 aliphatic heterocycles. The molecular formula is C15H9IO3. The van der Waals surface area contributed by atoms with E-state index in [9.17, 15) is 9.90 Å². The summed E-state index contributed by atoms with van der Waals surface area (Å²) >= 11 is 1.95. The van der Waals surface area contributed by atoms with Gasteiger partial charge in [0.15, 0.2) is 5.76 Å². The summed E-state index contributed by atoms with van der Waals surface area (Å²) in [5, 5.41) is 9.64. The van der Waals surface area contributed by atoms with Gasteiger partial charge >= 0.3 is 0 Å². The lowest BCUT2D eigenvalue weighted by atomic mass is 10.1. The molecule has 4 heteroatoms. The molecule has 0 spiro atoms. The van der Waals surface area contributed by atoms with E-state index in [1.54, 1.807) is 12.1 Å². The molecule has 2 aromatic rings. The van der Waals surface area contributed by atoms with Gasteiger partial charge in [0.05, 0.1) is 9.13 Å². The van der Waals surface area contributed by atoms with Gasteiger partial charge in [0.2, 0.25) is 5.78 Å². The fourth-order valence-corrected chi connectivity index (χ4v) is 2.62. The average molecular weight is 364 g/mol. The maximum atomic E-state index is 12.3. The van der Waals surface area contributed by atoms with E-state index in [4.69, 9.17) is 4.74 Å². The van der Waals surface area contributed by atoms with Gasteiger partial charge in [-0.3, -0.25) is 4.79 Å². The first-order chi connectivity index (χ1) is 9.16. The minimum absolute atomic E-state index is 0.0947. The van der Waals surface area contributed by atoms with Crippen molar-refractivity contribution in [2.75, 3.05) is 0 Å². The third-order valence-corrected chi connectivity index (χ3v) is 3.94. The van der Waals surface area contributed by atoms with Crippen molar-refractivity contribution in [2.45, 2.75) is 0 Å². The molecule has 1 aliphatic rings. The Morgan fingerprint density at radius 2 is 1.84 bits per heavy atom. The number of hydrogen-bond donors (Lipinski definition) is 1. The number of fused-ring (bicyclic) bond motifs is 1. The fourth-order valence-electron chi connectivity index (χ4n) is 1.93. The van der Waals surface area contributed by atoms with Crippen molar-refractivity contribution in [1.29, 1.82) is 0 Å². The van der Waals surface area contributed by atoms with Crippen LogP contribution in [0.3, 0.4) is 0 Å². The van der Waals surface area contributed by atoms with Crippen molar-refractivity contribution in [3.05, 3.63) is 62.9 Å². The highest BCUT2D eigenvalue weighted by molar-refractivity contribution is 14.1. The Hall–Kier alpha value is -1.82. The molecule has 1 N–H and O–H groups in total. The molecule has 19 heavy (non-hydrogen) atoms. The standard InChI is InChI=1S/C15H9IO3/c16-14-10(17)6-7-11-13(14)15(18)12(19-11)8-9-4-2-1-3-5-9/h1-8,17H/b12-8-. The van der Waals surface area contributed by atoms with Crippen molar-refractivity contribution >= 4 is 34.5 Å². The molecule has 0 bridgehead atoms. The van der Waals surface area contributed by atoms with Crippen molar-refractivity contribution in [1.82, 2.24) is 0 Å². The highest BCUT2D eigenvalue weighted by Crippen LogP contribution is 2.38. The van der Waals surface area contributed by atoms with Crippen molar-refractivity contribution < 1.29 is 14.6 Å². The predicted octanol–water partition coefficient (Wildman–Crippen LogP) is 3.61. The molecule has 0 fully saturated rings. The minimum atomic E-state index is -0.195. The molecule has 0 saturated carbocycles. The number of ether oxygens (including phenoxy) is 1. The number of ketones is 1. The van der Waals surface area contributed by atoms with Crippen LogP contribution in [0, 0.1) is 3.57 Å². The van der Waals surface area contributed by atoms with Gasteiger partial charge < -0.3 is 9.84 Å². The third kappa shape index (κ3) is 2.12. The number of benzene rings is 2. The van der Waals surface area contributed by atoms with Crippen LogP contribution in [0.4, 0.5) is 0 Å². The topological polar surface area (TPSA) is 46.5 Å². The number of hydrogen-bond acceptors (Lipinski definition) is 3. The number of carbonyl (C=O) groups is 1. The van der Waals surface area contributed by atoms with Gasteiger partial charge in [0.1, 0.15) is 11.5 Å². The Balaban J connectivity index is 2.05. The van der Waals surface area contributed by atoms with Gasteiger partial charge in [-0.05, 0) is 46.4 Å². The largest absolute Gasteiger partial charge is 0.507 e. The number of halogens is 1. The first kappa shape index (κ1) is 12.2. The van der Waals surface area contributed by atoms with E-state index in [-0.39, 0.29) is 17.3 Å². The van der Waals surface area contributed by atoms with Crippen molar-refractivity contribution in [3.63, 3.8) is 0 Å². The van der Waals surface area contributed by atoms with Gasteiger partial charge in [-0.1, -0.05) is 30.3 Å². The highest BCUT2D eigenvalue weighted by atomic mass is 127. The molecule has 1 heterocycles. The van der Waals surface area contributed by atoms with Crippen LogP contribution in [0.1, 0.15) is 15.9 Å². The van der Waals surface area contributed by atoms with Crippen LogP contribution in [0.15, 0.2) is 48.2 Å². The second kappa shape index (κ2) is 4.70. The third-order valence-electron chi connectivity index (χ3n) is 2.85. The lowest BCUT2D eigenvalue weighted by molar-refractivity contribution is 0.101. The Bertz CT molecular complexity index is 690. The van der Waals surface area contributed by atoms with Gasteiger partial charge in [-0.15, -0.1) is 0 Å². The summed E-state index contributed by atoms with van der Waals surface area (Å²) in [4.78, 5) is 12.3. The molecule has 0 amide bonds. The quantitative estimate of drug-likeness (QED) is 0.621. The zero-order valence-corrected chi connectivity index (χ0v) is 11.9. The predicted molar refractivity (Wildman–Crippen MR) is 80.2 cm³/mol. The number of phenols is 1. The smallest absolute Gasteiger partial charge is 0.233 e. The Kier molecular flexibility index (Phi) is 3.02. The zero-order chi connectivity index (χ0) is 13.4. The maximum Gasteiger partial charge on any atom is 0.233 e. The van der Waals surface area contributed by atoms with E-state index in [1.165, 1.54) is 6.07 Å². The lowest BCUT2D eigenvalue weighted by Gasteiger charge is -2.00. The Morgan fingerprint density at radius 1 is 1.11 bits per heavy atom. The van der Waals surface area contributed by atoms with Gasteiger partial charge in [-0.2, -0.15) is 0 Å². The number of Topliss-reactive ketones (excluding diaryl/α,β-unsaturated/α-hetero) is 1. The van der Waals surface area contributed by atoms with Gasteiger partial charge in [0, 0.05) is 0 Å². The first-order valence-electron chi connectivity index (χ1n) is 5.67. The summed E-state index contributed by atoms with van der Waals surface area (Å²) in [6, 6.07) is 12.6. The molecule has 94 valence electrons. The van der Waals surface area contributed by atoms with Crippen LogP contribution in [-0.4, -0.2) is 10.9 Å². The van der Waals surface area contributed by atoms with Crippen LogP contribution in [0.5, 0.6) is 11.5 Å². The second-order valence-electron chi connectivity index (χ2n) is 4.12. The van der Waals surface area contributed by atoms with Crippen LogP contribution in [-0.2, 0) is 0 Å². The normalized spacial score (nSPS) is 15.4. The number of carbonyl (C=O) groups excluding carboxylic acids is 1. The molecule has 0 radical (unpaired) electrons. The van der Waals surface area contributed by atoms with Crippen LogP contribution in [0.25, 0.3) is 6.08 Å². The molecule has 3 rings (SSSR count). The van der Waals surface area contributed by atoms with Crippen LogP contribution < -0.4 is 4.74 Å². The SMILES string of the molecule is O=C1/C(=C/c2ccccc2)Oc2ccc(O)c(I)c21. The number of allylic oxidation sites excluding steroid dienone is 1. The van der Waals surface area contributed by atoms with E-state index in [0.717, 1.165) is 5.56 Å². The van der Waals surface area contributed by atoms with E-state index >= 15 is 0 Å². The average Bonchev–Trinajstić information content (AvgIpc) is 2.73. The van der Waals surface area contributed by atoms with Gasteiger partial charge in [0.25, 0.3) is 0 Å². The lowest BCUT2D eigenvalue weighted by Crippen LogP contribution is -1.99. The highest BCUT2D eigenvalue weighted by Gasteiger charge is 2.30. The number of phenolic OH excluding ortho intramolecular Hbond substituents is 1. The van der Waals surface area contributed by atoms with Crippen LogP contribution >= 0.6 is 22.6 Å². The summed E-state index contributed by atoms with van der Waals surface area (Å²) in [5.41, 5.74) is 1.33. The molecule has 0 atom stereocenters. The minimum Gasteiger partial charge on any atom is -0.507 e. The monoisotopic (exact) mass is 364 g/mol. The molecule has 3 nitrogen and oxygen atoms in total. The van der Waals surface area contributed by atoms with E-state index in [2.05, 4.69) is 0 Å². The molecule has 0 saturated heterocycles. The van der Waals surface area contributed by atoms with Gasteiger partial charge in [-0.25, -0.2) is 0 Å². The summed E-state index contributed by atoms with van der Waals surface area (Å²) in [6.45, 7) is 0. The first-order valence-corrected chi connectivity index (χ1v) is 6.75. The zero-order valence-electron chi connectivity index (χ0n) is 9.76. The van der Waals surface area contributed by atoms with Crippen molar-refractivity contribution in [2.24, 2.45) is 0 Å². The summed E-state index contributed by atoms with van der Waals surface area (Å²) in [5.74, 6) is 0.676. The molecule has 0 unspecified atom stereocenters. The van der Waals surface area contributed by atoms with E-state index < -0.39 is 0 Å².